The molecule has 1 atom stereocenters. The highest BCUT2D eigenvalue weighted by molar-refractivity contribution is 6.05. The molecule has 134 valence electrons. The minimum absolute atomic E-state index is 0.0557. The third-order valence-electron chi connectivity index (χ3n) is 5.77. The molecule has 3 fully saturated rings. The SMILES string of the molecule is CCN1C(=O)C[C@H](N2CCC(C(=O)N3CCCCCC3)CC2)C1=O. The molecular weight excluding hydrogens is 306 g/mol. The lowest BCUT2D eigenvalue weighted by atomic mass is 9.94. The summed E-state index contributed by atoms with van der Waals surface area (Å²) >= 11 is 0. The second-order valence-electron chi connectivity index (χ2n) is 7.25. The molecule has 3 amide bonds. The van der Waals surface area contributed by atoms with E-state index in [4.69, 9.17) is 0 Å². The van der Waals surface area contributed by atoms with Gasteiger partial charge in [0.05, 0.1) is 12.5 Å². The summed E-state index contributed by atoms with van der Waals surface area (Å²) < 4.78 is 0. The largest absolute Gasteiger partial charge is 0.342 e. The van der Waals surface area contributed by atoms with Gasteiger partial charge in [0, 0.05) is 25.6 Å². The Kier molecular flexibility index (Phi) is 5.54. The van der Waals surface area contributed by atoms with Gasteiger partial charge in [0.15, 0.2) is 0 Å². The van der Waals surface area contributed by atoms with Gasteiger partial charge in [-0.05, 0) is 45.7 Å². The first-order valence-electron chi connectivity index (χ1n) is 9.49. The molecule has 24 heavy (non-hydrogen) atoms. The summed E-state index contributed by atoms with van der Waals surface area (Å²) in [7, 11) is 0. The Balaban J connectivity index is 1.53. The van der Waals surface area contributed by atoms with Gasteiger partial charge in [-0.15, -0.1) is 0 Å². The van der Waals surface area contributed by atoms with Gasteiger partial charge >= 0.3 is 0 Å². The van der Waals surface area contributed by atoms with Crippen molar-refractivity contribution in [3.8, 4) is 0 Å². The van der Waals surface area contributed by atoms with Crippen LogP contribution in [0.25, 0.3) is 0 Å². The van der Waals surface area contributed by atoms with E-state index in [1.807, 2.05) is 6.92 Å². The van der Waals surface area contributed by atoms with Crippen molar-refractivity contribution in [1.82, 2.24) is 14.7 Å². The molecule has 3 saturated heterocycles. The highest BCUT2D eigenvalue weighted by Gasteiger charge is 2.42. The second-order valence-corrected chi connectivity index (χ2v) is 7.25. The number of carbonyl (C=O) groups excluding carboxylic acids is 3. The average Bonchev–Trinajstić information content (AvgIpc) is 2.78. The highest BCUT2D eigenvalue weighted by Crippen LogP contribution is 2.26. The molecule has 6 nitrogen and oxygen atoms in total. The predicted octanol–water partition coefficient (Wildman–Crippen LogP) is 1.25. The van der Waals surface area contributed by atoms with Crippen LogP contribution in [0.5, 0.6) is 0 Å². The van der Waals surface area contributed by atoms with Gasteiger partial charge in [-0.3, -0.25) is 24.2 Å². The Hall–Kier alpha value is -1.43. The van der Waals surface area contributed by atoms with Crippen molar-refractivity contribution in [2.45, 2.75) is 57.9 Å². The van der Waals surface area contributed by atoms with E-state index >= 15 is 0 Å². The van der Waals surface area contributed by atoms with Crippen molar-refractivity contribution in [3.63, 3.8) is 0 Å². The van der Waals surface area contributed by atoms with Crippen molar-refractivity contribution >= 4 is 17.7 Å². The fourth-order valence-corrected chi connectivity index (χ4v) is 4.29. The Morgan fingerprint density at radius 2 is 1.62 bits per heavy atom. The Morgan fingerprint density at radius 1 is 1.00 bits per heavy atom. The quantitative estimate of drug-likeness (QED) is 0.728. The van der Waals surface area contributed by atoms with E-state index in [1.54, 1.807) is 0 Å². The predicted molar refractivity (Wildman–Crippen MR) is 90.1 cm³/mol. The molecule has 6 heteroatoms. The van der Waals surface area contributed by atoms with E-state index in [9.17, 15) is 14.4 Å². The number of piperidine rings is 1. The summed E-state index contributed by atoms with van der Waals surface area (Å²) in [4.78, 5) is 42.5. The number of hydrogen-bond donors (Lipinski definition) is 0. The number of amides is 3. The number of nitrogens with zero attached hydrogens (tertiary/aromatic N) is 3. The lowest BCUT2D eigenvalue weighted by Gasteiger charge is -2.36. The average molecular weight is 335 g/mol. The molecule has 3 aliphatic rings. The molecule has 0 saturated carbocycles. The summed E-state index contributed by atoms with van der Waals surface area (Å²) in [5.41, 5.74) is 0. The minimum atomic E-state index is -0.299. The first-order valence-corrected chi connectivity index (χ1v) is 9.49. The smallest absolute Gasteiger partial charge is 0.247 e. The van der Waals surface area contributed by atoms with E-state index < -0.39 is 0 Å². The first-order chi connectivity index (χ1) is 11.6. The summed E-state index contributed by atoms with van der Waals surface area (Å²) in [6.45, 7) is 5.58. The summed E-state index contributed by atoms with van der Waals surface area (Å²) in [5, 5.41) is 0. The molecule has 0 aromatic rings. The maximum atomic E-state index is 12.7. The van der Waals surface area contributed by atoms with Gasteiger partial charge in [-0.1, -0.05) is 12.8 Å². The van der Waals surface area contributed by atoms with Gasteiger partial charge in [0.1, 0.15) is 0 Å². The minimum Gasteiger partial charge on any atom is -0.342 e. The molecule has 0 aromatic heterocycles. The lowest BCUT2D eigenvalue weighted by molar-refractivity contribution is -0.139. The maximum Gasteiger partial charge on any atom is 0.247 e. The Bertz CT molecular complexity index is 492. The first kappa shape index (κ1) is 17.4. The van der Waals surface area contributed by atoms with Crippen LogP contribution in [0.15, 0.2) is 0 Å². The van der Waals surface area contributed by atoms with Crippen molar-refractivity contribution in [1.29, 1.82) is 0 Å². The van der Waals surface area contributed by atoms with E-state index in [1.165, 1.54) is 17.7 Å². The van der Waals surface area contributed by atoms with Crippen LogP contribution in [-0.2, 0) is 14.4 Å². The number of carbonyl (C=O) groups is 3. The molecule has 3 heterocycles. The third kappa shape index (κ3) is 3.48. The molecule has 0 radical (unpaired) electrons. The van der Waals surface area contributed by atoms with Gasteiger partial charge in [-0.2, -0.15) is 0 Å². The van der Waals surface area contributed by atoms with Gasteiger partial charge in [0.2, 0.25) is 17.7 Å². The number of rotatable bonds is 3. The maximum absolute atomic E-state index is 12.7. The molecule has 3 aliphatic heterocycles. The van der Waals surface area contributed by atoms with Gasteiger partial charge in [0.25, 0.3) is 0 Å². The fourth-order valence-electron chi connectivity index (χ4n) is 4.29. The van der Waals surface area contributed by atoms with E-state index in [0.29, 0.717) is 18.9 Å². The van der Waals surface area contributed by atoms with Crippen LogP contribution in [0, 0.1) is 5.92 Å². The summed E-state index contributed by atoms with van der Waals surface area (Å²) in [6, 6.07) is -0.299. The van der Waals surface area contributed by atoms with Crippen LogP contribution in [-0.4, -0.2) is 71.2 Å². The number of hydrogen-bond acceptors (Lipinski definition) is 4. The van der Waals surface area contributed by atoms with Crippen LogP contribution >= 0.6 is 0 Å². The van der Waals surface area contributed by atoms with Crippen molar-refractivity contribution < 1.29 is 14.4 Å². The topological polar surface area (TPSA) is 60.9 Å². The van der Waals surface area contributed by atoms with Crippen LogP contribution < -0.4 is 0 Å². The lowest BCUT2D eigenvalue weighted by Crippen LogP contribution is -2.48. The zero-order valence-corrected chi connectivity index (χ0v) is 14.7. The molecular formula is C18H29N3O3. The number of likely N-dealkylation sites (N-methyl/N-ethyl adjacent to an activating group) is 1. The van der Waals surface area contributed by atoms with Crippen LogP contribution in [0.4, 0.5) is 0 Å². The Morgan fingerprint density at radius 3 is 2.17 bits per heavy atom. The normalized spacial score (nSPS) is 27.6. The zero-order chi connectivity index (χ0) is 17.1. The van der Waals surface area contributed by atoms with Crippen molar-refractivity contribution in [2.24, 2.45) is 5.92 Å². The Labute approximate surface area is 144 Å². The number of likely N-dealkylation sites (tertiary alicyclic amines) is 3. The molecule has 0 aliphatic carbocycles. The van der Waals surface area contributed by atoms with E-state index in [-0.39, 0.29) is 23.8 Å². The van der Waals surface area contributed by atoms with Crippen LogP contribution in [0.3, 0.4) is 0 Å². The van der Waals surface area contributed by atoms with Crippen LogP contribution in [0.2, 0.25) is 0 Å². The fraction of sp³-hybridized carbons (Fsp3) is 0.833. The summed E-state index contributed by atoms with van der Waals surface area (Å²) in [5.74, 6) is 0.282. The summed E-state index contributed by atoms with van der Waals surface area (Å²) in [6.07, 6.45) is 6.62. The van der Waals surface area contributed by atoms with Crippen molar-refractivity contribution in [2.75, 3.05) is 32.7 Å². The third-order valence-corrected chi connectivity index (χ3v) is 5.77. The van der Waals surface area contributed by atoms with E-state index in [0.717, 1.165) is 51.9 Å². The molecule has 0 aromatic carbocycles. The standard InChI is InChI=1S/C18H29N3O3/c1-2-21-16(22)13-15(18(21)24)19-11-7-14(8-12-19)17(23)20-9-5-3-4-6-10-20/h14-15H,2-13H2,1H3/t15-/m0/s1. The van der Waals surface area contributed by atoms with Gasteiger partial charge < -0.3 is 4.90 Å². The van der Waals surface area contributed by atoms with Crippen molar-refractivity contribution in [3.05, 3.63) is 0 Å². The molecule has 0 spiro atoms. The molecule has 0 N–H and O–H groups in total. The molecule has 0 unspecified atom stereocenters. The zero-order valence-electron chi connectivity index (χ0n) is 14.7. The van der Waals surface area contributed by atoms with Gasteiger partial charge in [-0.25, -0.2) is 0 Å². The van der Waals surface area contributed by atoms with E-state index in [2.05, 4.69) is 9.80 Å². The van der Waals surface area contributed by atoms with Crippen LogP contribution in [0.1, 0.15) is 51.9 Å². The highest BCUT2D eigenvalue weighted by atomic mass is 16.2. The molecule has 0 bridgehead atoms. The molecule has 3 rings (SSSR count). The second kappa shape index (κ2) is 7.64. The number of imide groups is 1. The monoisotopic (exact) mass is 335 g/mol.